The molecule has 0 radical (unpaired) electrons. The maximum absolute atomic E-state index is 10.1. The monoisotopic (exact) mass is 159 g/mol. The Labute approximate surface area is 63.5 Å². The zero-order valence-corrected chi connectivity index (χ0v) is 5.86. The van der Waals surface area contributed by atoms with Crippen molar-refractivity contribution in [2.45, 2.75) is 0 Å². The number of carbonyl (C=O) groups is 2. The Morgan fingerprint density at radius 3 is 1.82 bits per heavy atom. The van der Waals surface area contributed by atoms with Crippen molar-refractivity contribution in [3.8, 4) is 0 Å². The largest absolute Gasteiger partial charge is 0.480 e. The van der Waals surface area contributed by atoms with Gasteiger partial charge in [0, 0.05) is 0 Å². The van der Waals surface area contributed by atoms with Crippen LogP contribution < -0.4 is 0 Å². The fraction of sp³-hybridized carbons (Fsp3) is 0.333. The lowest BCUT2D eigenvalue weighted by Gasteiger charge is -2.13. The van der Waals surface area contributed by atoms with E-state index >= 15 is 0 Å². The number of hydrogen-bond acceptors (Lipinski definition) is 3. The molecule has 0 atom stereocenters. The van der Waals surface area contributed by atoms with E-state index in [0.29, 0.717) is 0 Å². The van der Waals surface area contributed by atoms with Crippen molar-refractivity contribution >= 4 is 11.9 Å². The number of hydrogen-bond donors (Lipinski definition) is 2. The third kappa shape index (κ3) is 4.95. The highest BCUT2D eigenvalue weighted by Crippen LogP contribution is 1.86. The van der Waals surface area contributed by atoms with Crippen LogP contribution in [-0.4, -0.2) is 40.1 Å². The number of nitrogens with zero attached hydrogens (tertiary/aromatic N) is 1. The van der Waals surface area contributed by atoms with E-state index in [4.69, 9.17) is 10.2 Å². The van der Waals surface area contributed by atoms with Gasteiger partial charge in [0.05, 0.1) is 0 Å². The summed E-state index contributed by atoms with van der Waals surface area (Å²) in [6, 6.07) is 0. The molecule has 0 aliphatic heterocycles. The number of carboxylic acids is 2. The molecule has 0 aliphatic rings. The van der Waals surface area contributed by atoms with Crippen LogP contribution >= 0.6 is 0 Å². The Balaban J connectivity index is 3.85. The van der Waals surface area contributed by atoms with E-state index in [9.17, 15) is 9.59 Å². The molecule has 0 saturated carbocycles. The zero-order valence-electron chi connectivity index (χ0n) is 5.86. The molecule has 62 valence electrons. The quantitative estimate of drug-likeness (QED) is 0.570. The summed E-state index contributed by atoms with van der Waals surface area (Å²) in [7, 11) is 0. The van der Waals surface area contributed by atoms with Crippen molar-refractivity contribution in [3.63, 3.8) is 0 Å². The lowest BCUT2D eigenvalue weighted by Crippen LogP contribution is -2.29. The molecule has 0 bridgehead atoms. The van der Waals surface area contributed by atoms with Crippen LogP contribution in [-0.2, 0) is 9.59 Å². The normalized spacial score (nSPS) is 8.73. The number of rotatable bonds is 5. The van der Waals surface area contributed by atoms with E-state index in [2.05, 4.69) is 6.58 Å². The van der Waals surface area contributed by atoms with Gasteiger partial charge in [0.25, 0.3) is 0 Å². The topological polar surface area (TPSA) is 77.8 Å². The molecule has 0 aromatic rings. The van der Waals surface area contributed by atoms with Crippen LogP contribution in [0.2, 0.25) is 0 Å². The molecule has 0 amide bonds. The summed E-state index contributed by atoms with van der Waals surface area (Å²) >= 11 is 0. The second-order valence-corrected chi connectivity index (χ2v) is 1.88. The van der Waals surface area contributed by atoms with Crippen LogP contribution in [0.4, 0.5) is 0 Å². The first-order valence-electron chi connectivity index (χ1n) is 2.86. The lowest BCUT2D eigenvalue weighted by molar-refractivity contribution is -0.140. The van der Waals surface area contributed by atoms with E-state index in [-0.39, 0.29) is 13.1 Å². The van der Waals surface area contributed by atoms with Gasteiger partial charge in [0.15, 0.2) is 0 Å². The average molecular weight is 159 g/mol. The highest BCUT2D eigenvalue weighted by Gasteiger charge is 2.07. The van der Waals surface area contributed by atoms with E-state index < -0.39 is 11.9 Å². The molecular formula is C6H9NO4. The van der Waals surface area contributed by atoms with Crippen LogP contribution in [0.1, 0.15) is 0 Å². The summed E-state index contributed by atoms with van der Waals surface area (Å²) in [5.41, 5.74) is 0. The fourth-order valence-corrected chi connectivity index (χ4v) is 0.532. The van der Waals surface area contributed by atoms with Crippen LogP contribution in [0.15, 0.2) is 12.8 Å². The predicted molar refractivity (Wildman–Crippen MR) is 37.0 cm³/mol. The Bertz CT molecular complexity index is 161. The molecule has 0 heterocycles. The van der Waals surface area contributed by atoms with Crippen LogP contribution in [0.5, 0.6) is 0 Å². The molecule has 2 N–H and O–H groups in total. The first-order chi connectivity index (χ1) is 5.06. The first-order valence-corrected chi connectivity index (χ1v) is 2.86. The standard InChI is InChI=1S/C6H9NO4/c1-2-7(3-5(8)9)4-6(10)11/h2H,1,3-4H2,(H,8,9)(H,10,11). The summed E-state index contributed by atoms with van der Waals surface area (Å²) in [6.45, 7) is 2.59. The minimum atomic E-state index is -1.08. The van der Waals surface area contributed by atoms with Gasteiger partial charge in [-0.15, -0.1) is 0 Å². The van der Waals surface area contributed by atoms with Crippen molar-refractivity contribution in [3.05, 3.63) is 12.8 Å². The molecule has 0 aromatic heterocycles. The summed E-state index contributed by atoms with van der Waals surface area (Å²) in [5, 5.41) is 16.5. The maximum atomic E-state index is 10.1. The third-order valence-electron chi connectivity index (χ3n) is 0.935. The fourth-order valence-electron chi connectivity index (χ4n) is 0.532. The van der Waals surface area contributed by atoms with E-state index in [1.165, 1.54) is 6.20 Å². The lowest BCUT2D eigenvalue weighted by atomic mass is 10.5. The van der Waals surface area contributed by atoms with Gasteiger partial charge in [-0.1, -0.05) is 6.58 Å². The molecule has 0 fully saturated rings. The SMILES string of the molecule is C=CN(CC(=O)O)CC(=O)O. The minimum Gasteiger partial charge on any atom is -0.480 e. The van der Waals surface area contributed by atoms with Crippen LogP contribution in [0, 0.1) is 0 Å². The maximum Gasteiger partial charge on any atom is 0.323 e. The van der Waals surface area contributed by atoms with Crippen molar-refractivity contribution in [1.82, 2.24) is 4.90 Å². The zero-order chi connectivity index (χ0) is 8.85. The summed E-state index contributed by atoms with van der Waals surface area (Å²) in [4.78, 5) is 21.2. The Kier molecular flexibility index (Phi) is 3.72. The summed E-state index contributed by atoms with van der Waals surface area (Å²) in [5.74, 6) is -2.16. The van der Waals surface area contributed by atoms with Crippen LogP contribution in [0.3, 0.4) is 0 Å². The van der Waals surface area contributed by atoms with Crippen LogP contribution in [0.25, 0.3) is 0 Å². The third-order valence-corrected chi connectivity index (χ3v) is 0.935. The molecule has 0 spiro atoms. The van der Waals surface area contributed by atoms with Crippen molar-refractivity contribution in [2.24, 2.45) is 0 Å². The smallest absolute Gasteiger partial charge is 0.323 e. The molecule has 0 aromatic carbocycles. The molecule has 5 nitrogen and oxygen atoms in total. The summed E-state index contributed by atoms with van der Waals surface area (Å²) in [6.07, 6.45) is 1.18. The van der Waals surface area contributed by atoms with Crippen molar-refractivity contribution in [2.75, 3.05) is 13.1 Å². The van der Waals surface area contributed by atoms with E-state index in [1.54, 1.807) is 0 Å². The molecule has 11 heavy (non-hydrogen) atoms. The van der Waals surface area contributed by atoms with Gasteiger partial charge in [-0.3, -0.25) is 9.59 Å². The highest BCUT2D eigenvalue weighted by molar-refractivity contribution is 5.72. The van der Waals surface area contributed by atoms with Crippen molar-refractivity contribution < 1.29 is 19.8 Å². The molecule has 0 rings (SSSR count). The Morgan fingerprint density at radius 2 is 1.64 bits per heavy atom. The van der Waals surface area contributed by atoms with Gasteiger partial charge >= 0.3 is 11.9 Å². The van der Waals surface area contributed by atoms with Gasteiger partial charge in [0.2, 0.25) is 0 Å². The van der Waals surface area contributed by atoms with Gasteiger partial charge in [-0.2, -0.15) is 0 Å². The highest BCUT2D eigenvalue weighted by atomic mass is 16.4. The van der Waals surface area contributed by atoms with Gasteiger partial charge in [-0.05, 0) is 6.20 Å². The summed E-state index contributed by atoms with van der Waals surface area (Å²) < 4.78 is 0. The van der Waals surface area contributed by atoms with Gasteiger partial charge in [-0.25, -0.2) is 0 Å². The second kappa shape index (κ2) is 4.32. The average Bonchev–Trinajstić information content (AvgIpc) is 1.84. The number of aliphatic carboxylic acids is 2. The Hall–Kier alpha value is -1.52. The Morgan fingerprint density at radius 1 is 1.27 bits per heavy atom. The molecular weight excluding hydrogens is 150 g/mol. The molecule has 0 saturated heterocycles. The van der Waals surface area contributed by atoms with Gasteiger partial charge in [0.1, 0.15) is 13.1 Å². The van der Waals surface area contributed by atoms with E-state index in [0.717, 1.165) is 4.90 Å². The van der Waals surface area contributed by atoms with Crippen molar-refractivity contribution in [1.29, 1.82) is 0 Å². The second-order valence-electron chi connectivity index (χ2n) is 1.88. The van der Waals surface area contributed by atoms with E-state index in [1.807, 2.05) is 0 Å². The van der Waals surface area contributed by atoms with Gasteiger partial charge < -0.3 is 15.1 Å². The molecule has 0 unspecified atom stereocenters. The minimum absolute atomic E-state index is 0.338. The molecule has 5 heteroatoms. The number of carboxylic acid groups (broad SMARTS) is 2. The predicted octanol–water partition coefficient (Wildman–Crippen LogP) is -0.399. The first kappa shape index (κ1) is 9.48. The molecule has 0 aliphatic carbocycles.